The molecule has 3 nitrogen and oxygen atoms in total. The van der Waals surface area contributed by atoms with Crippen LogP contribution in [0.4, 0.5) is 0 Å². The van der Waals surface area contributed by atoms with Gasteiger partial charge in [-0.3, -0.25) is 4.90 Å². The maximum absolute atomic E-state index is 3.59. The summed E-state index contributed by atoms with van der Waals surface area (Å²) in [5.41, 5.74) is 0. The van der Waals surface area contributed by atoms with Crippen molar-refractivity contribution in [2.24, 2.45) is 11.8 Å². The Bertz CT molecular complexity index is 314. The molecule has 0 bridgehead atoms. The van der Waals surface area contributed by atoms with E-state index >= 15 is 0 Å². The Morgan fingerprint density at radius 2 is 1.81 bits per heavy atom. The molecule has 1 aliphatic carbocycles. The van der Waals surface area contributed by atoms with E-state index in [1.807, 2.05) is 0 Å². The Hall–Kier alpha value is -0.120. The van der Waals surface area contributed by atoms with Gasteiger partial charge in [0.1, 0.15) is 0 Å². The first-order valence-electron chi connectivity index (χ1n) is 9.40. The molecule has 2 saturated heterocycles. The second kappa shape index (κ2) is 7.43. The smallest absolute Gasteiger partial charge is 0.0235 e. The molecular weight excluding hydrogens is 258 g/mol. The van der Waals surface area contributed by atoms with E-state index in [0.29, 0.717) is 0 Å². The first kappa shape index (κ1) is 15.8. The van der Waals surface area contributed by atoms with Gasteiger partial charge >= 0.3 is 0 Å². The molecule has 21 heavy (non-hydrogen) atoms. The van der Waals surface area contributed by atoms with Gasteiger partial charge in [-0.15, -0.1) is 0 Å². The van der Waals surface area contributed by atoms with Gasteiger partial charge in [-0.1, -0.05) is 13.3 Å². The fourth-order valence-electron chi connectivity index (χ4n) is 4.97. The van der Waals surface area contributed by atoms with Crippen LogP contribution in [0.1, 0.15) is 51.9 Å². The van der Waals surface area contributed by atoms with Crippen LogP contribution < -0.4 is 5.32 Å². The highest BCUT2D eigenvalue weighted by Gasteiger charge is 2.33. The number of rotatable bonds is 4. The van der Waals surface area contributed by atoms with Crippen LogP contribution in [0.15, 0.2) is 0 Å². The molecule has 3 heteroatoms. The van der Waals surface area contributed by atoms with Crippen LogP contribution in [0, 0.1) is 11.8 Å². The SMILES string of the molecule is CNC1CCC(C)CC1CN1CCC(N2CCCCC2)C1. The van der Waals surface area contributed by atoms with Crippen molar-refractivity contribution in [3.8, 4) is 0 Å². The largest absolute Gasteiger partial charge is 0.317 e. The third kappa shape index (κ3) is 4.00. The molecule has 0 radical (unpaired) electrons. The van der Waals surface area contributed by atoms with E-state index in [-0.39, 0.29) is 0 Å². The van der Waals surface area contributed by atoms with Gasteiger partial charge in [0.2, 0.25) is 0 Å². The molecule has 0 amide bonds. The first-order chi connectivity index (χ1) is 10.3. The van der Waals surface area contributed by atoms with Crippen molar-refractivity contribution in [2.75, 3.05) is 39.8 Å². The molecule has 3 aliphatic rings. The van der Waals surface area contributed by atoms with Crippen molar-refractivity contribution in [1.29, 1.82) is 0 Å². The summed E-state index contributed by atoms with van der Waals surface area (Å²) in [6, 6.07) is 1.62. The number of hydrogen-bond donors (Lipinski definition) is 1. The Labute approximate surface area is 131 Å². The first-order valence-corrected chi connectivity index (χ1v) is 9.40. The monoisotopic (exact) mass is 293 g/mol. The van der Waals surface area contributed by atoms with Crippen LogP contribution in [0.5, 0.6) is 0 Å². The molecule has 0 aromatic rings. The summed E-state index contributed by atoms with van der Waals surface area (Å²) in [4.78, 5) is 5.55. The molecule has 4 atom stereocenters. The van der Waals surface area contributed by atoms with Crippen LogP contribution in [-0.2, 0) is 0 Å². The standard InChI is InChI=1S/C18H35N3/c1-15-6-7-18(19-2)16(12-15)13-20-11-8-17(14-20)21-9-4-3-5-10-21/h15-19H,3-14H2,1-2H3. The summed E-state index contributed by atoms with van der Waals surface area (Å²) in [7, 11) is 2.16. The molecule has 0 aromatic carbocycles. The van der Waals surface area contributed by atoms with Crippen molar-refractivity contribution in [3.63, 3.8) is 0 Å². The maximum atomic E-state index is 3.59. The number of likely N-dealkylation sites (tertiary alicyclic amines) is 2. The molecule has 1 N–H and O–H groups in total. The maximum Gasteiger partial charge on any atom is 0.0235 e. The van der Waals surface area contributed by atoms with Gasteiger partial charge in [0, 0.05) is 25.2 Å². The van der Waals surface area contributed by atoms with Crippen molar-refractivity contribution in [3.05, 3.63) is 0 Å². The fraction of sp³-hybridized carbons (Fsp3) is 1.00. The van der Waals surface area contributed by atoms with Gasteiger partial charge in [-0.05, 0) is 77.0 Å². The van der Waals surface area contributed by atoms with Gasteiger partial charge < -0.3 is 10.2 Å². The van der Waals surface area contributed by atoms with E-state index in [4.69, 9.17) is 0 Å². The second-order valence-electron chi connectivity index (χ2n) is 7.87. The summed E-state index contributed by atoms with van der Waals surface area (Å²) >= 11 is 0. The van der Waals surface area contributed by atoms with E-state index in [1.54, 1.807) is 0 Å². The lowest BCUT2D eigenvalue weighted by Gasteiger charge is -2.37. The van der Waals surface area contributed by atoms with Gasteiger partial charge in [0.25, 0.3) is 0 Å². The molecule has 3 rings (SSSR count). The molecule has 0 spiro atoms. The normalized spacial score (nSPS) is 39.7. The van der Waals surface area contributed by atoms with E-state index < -0.39 is 0 Å². The topological polar surface area (TPSA) is 18.5 Å². The lowest BCUT2D eigenvalue weighted by atomic mass is 9.78. The summed E-state index contributed by atoms with van der Waals surface area (Å²) in [5.74, 6) is 1.80. The van der Waals surface area contributed by atoms with Crippen LogP contribution in [-0.4, -0.2) is 61.7 Å². The van der Waals surface area contributed by atoms with Gasteiger partial charge in [-0.25, -0.2) is 0 Å². The molecule has 2 heterocycles. The molecule has 122 valence electrons. The second-order valence-corrected chi connectivity index (χ2v) is 7.87. The number of nitrogens with zero attached hydrogens (tertiary/aromatic N) is 2. The summed E-state index contributed by atoms with van der Waals surface area (Å²) < 4.78 is 0. The summed E-state index contributed by atoms with van der Waals surface area (Å²) in [5, 5.41) is 3.59. The van der Waals surface area contributed by atoms with Gasteiger partial charge in [0.05, 0.1) is 0 Å². The van der Waals surface area contributed by atoms with E-state index in [9.17, 15) is 0 Å². The highest BCUT2D eigenvalue weighted by molar-refractivity contribution is 4.89. The van der Waals surface area contributed by atoms with E-state index in [0.717, 1.165) is 23.9 Å². The third-order valence-electron chi connectivity index (χ3n) is 6.26. The lowest BCUT2D eigenvalue weighted by molar-refractivity contribution is 0.139. The Morgan fingerprint density at radius 1 is 1.00 bits per heavy atom. The predicted octanol–water partition coefficient (Wildman–Crippen LogP) is 2.57. The number of hydrogen-bond acceptors (Lipinski definition) is 3. The molecule has 1 saturated carbocycles. The number of nitrogens with one attached hydrogen (secondary N) is 1. The Balaban J connectivity index is 1.49. The molecule has 3 fully saturated rings. The highest BCUT2D eigenvalue weighted by atomic mass is 15.3. The van der Waals surface area contributed by atoms with Crippen LogP contribution in [0.25, 0.3) is 0 Å². The van der Waals surface area contributed by atoms with Crippen LogP contribution in [0.3, 0.4) is 0 Å². The Morgan fingerprint density at radius 3 is 2.57 bits per heavy atom. The van der Waals surface area contributed by atoms with Crippen LogP contribution in [0.2, 0.25) is 0 Å². The number of piperidine rings is 1. The van der Waals surface area contributed by atoms with Crippen molar-refractivity contribution < 1.29 is 0 Å². The minimum atomic E-state index is 0.759. The van der Waals surface area contributed by atoms with E-state index in [1.165, 1.54) is 77.7 Å². The summed E-state index contributed by atoms with van der Waals surface area (Å²) in [6.07, 6.45) is 9.95. The minimum Gasteiger partial charge on any atom is -0.317 e. The highest BCUT2D eigenvalue weighted by Crippen LogP contribution is 2.31. The summed E-state index contributed by atoms with van der Waals surface area (Å²) in [6.45, 7) is 9.17. The van der Waals surface area contributed by atoms with Crippen molar-refractivity contribution >= 4 is 0 Å². The minimum absolute atomic E-state index is 0.759. The zero-order chi connectivity index (χ0) is 14.7. The molecule has 4 unspecified atom stereocenters. The lowest BCUT2D eigenvalue weighted by Crippen LogP contribution is -2.45. The molecular formula is C18H35N3. The van der Waals surface area contributed by atoms with Crippen LogP contribution >= 0.6 is 0 Å². The van der Waals surface area contributed by atoms with Crippen molar-refractivity contribution in [1.82, 2.24) is 15.1 Å². The third-order valence-corrected chi connectivity index (χ3v) is 6.26. The van der Waals surface area contributed by atoms with Crippen molar-refractivity contribution in [2.45, 2.75) is 64.0 Å². The fourth-order valence-corrected chi connectivity index (χ4v) is 4.97. The van der Waals surface area contributed by atoms with E-state index in [2.05, 4.69) is 29.1 Å². The predicted molar refractivity (Wildman–Crippen MR) is 89.6 cm³/mol. The van der Waals surface area contributed by atoms with Gasteiger partial charge in [-0.2, -0.15) is 0 Å². The Kier molecular flexibility index (Phi) is 5.58. The average molecular weight is 293 g/mol. The zero-order valence-electron chi connectivity index (χ0n) is 14.2. The zero-order valence-corrected chi connectivity index (χ0v) is 14.2. The quantitative estimate of drug-likeness (QED) is 0.859. The average Bonchev–Trinajstić information content (AvgIpc) is 2.97. The molecule has 2 aliphatic heterocycles. The molecule has 0 aromatic heterocycles. The van der Waals surface area contributed by atoms with Gasteiger partial charge in [0.15, 0.2) is 0 Å².